The van der Waals surface area contributed by atoms with Gasteiger partial charge < -0.3 is 15.8 Å². The van der Waals surface area contributed by atoms with Crippen LogP contribution in [0.3, 0.4) is 0 Å². The quantitative estimate of drug-likeness (QED) is 0.793. The summed E-state index contributed by atoms with van der Waals surface area (Å²) < 4.78 is 4.98. The van der Waals surface area contributed by atoms with Crippen molar-refractivity contribution in [1.82, 2.24) is 0 Å². The van der Waals surface area contributed by atoms with E-state index in [9.17, 15) is 0 Å². The van der Waals surface area contributed by atoms with Crippen molar-refractivity contribution in [1.29, 1.82) is 0 Å². The van der Waals surface area contributed by atoms with E-state index < -0.39 is 0 Å². The zero-order valence-corrected chi connectivity index (χ0v) is 9.63. The molecular formula is C8H8Cl2N2OS. The predicted octanol–water partition coefficient (Wildman–Crippen LogP) is 2.66. The summed E-state index contributed by atoms with van der Waals surface area (Å²) in [5.74, 6) is 0.505. The molecule has 0 aromatic heterocycles. The molecule has 0 unspecified atom stereocenters. The number of thiocarbonyl (C=S) groups is 1. The van der Waals surface area contributed by atoms with Gasteiger partial charge in [0.25, 0.3) is 0 Å². The van der Waals surface area contributed by atoms with Crippen LogP contribution < -0.4 is 15.8 Å². The Balaban J connectivity index is 3.08. The number of nitrogens with two attached hydrogens (primary N) is 1. The van der Waals surface area contributed by atoms with Gasteiger partial charge in [-0.05, 0) is 18.3 Å². The van der Waals surface area contributed by atoms with Crippen molar-refractivity contribution in [3.05, 3.63) is 22.2 Å². The third-order valence-electron chi connectivity index (χ3n) is 1.50. The van der Waals surface area contributed by atoms with Crippen molar-refractivity contribution in [2.45, 2.75) is 0 Å². The number of rotatable bonds is 2. The maximum absolute atomic E-state index is 5.91. The number of anilines is 1. The van der Waals surface area contributed by atoms with Gasteiger partial charge in [0.2, 0.25) is 0 Å². The van der Waals surface area contributed by atoms with Crippen molar-refractivity contribution in [3.63, 3.8) is 0 Å². The van der Waals surface area contributed by atoms with E-state index in [1.807, 2.05) is 0 Å². The van der Waals surface area contributed by atoms with Crippen LogP contribution in [0, 0.1) is 0 Å². The third-order valence-corrected chi connectivity index (χ3v) is 2.21. The molecule has 0 radical (unpaired) electrons. The lowest BCUT2D eigenvalue weighted by molar-refractivity contribution is 0.415. The van der Waals surface area contributed by atoms with Gasteiger partial charge in [0.1, 0.15) is 5.75 Å². The van der Waals surface area contributed by atoms with Crippen LogP contribution in [0.2, 0.25) is 10.0 Å². The monoisotopic (exact) mass is 250 g/mol. The molecule has 6 heteroatoms. The van der Waals surface area contributed by atoms with E-state index in [0.29, 0.717) is 21.5 Å². The molecule has 0 spiro atoms. The van der Waals surface area contributed by atoms with Crippen LogP contribution in [0.5, 0.6) is 5.75 Å². The lowest BCUT2D eigenvalue weighted by Crippen LogP contribution is -2.19. The van der Waals surface area contributed by atoms with Gasteiger partial charge in [-0.3, -0.25) is 0 Å². The largest absolute Gasteiger partial charge is 0.495 e. The highest BCUT2D eigenvalue weighted by atomic mass is 35.5. The first-order valence-corrected chi connectivity index (χ1v) is 4.80. The minimum Gasteiger partial charge on any atom is -0.495 e. The molecule has 0 saturated carbocycles. The fourth-order valence-corrected chi connectivity index (χ4v) is 1.47. The van der Waals surface area contributed by atoms with Gasteiger partial charge in [-0.25, -0.2) is 0 Å². The second-order valence-electron chi connectivity index (χ2n) is 2.46. The molecule has 0 amide bonds. The minimum atomic E-state index is 0.133. The first-order chi connectivity index (χ1) is 6.54. The van der Waals surface area contributed by atoms with Crippen LogP contribution in [0.1, 0.15) is 0 Å². The molecule has 76 valence electrons. The molecule has 0 aliphatic carbocycles. The summed E-state index contributed by atoms with van der Waals surface area (Å²) >= 11 is 16.5. The van der Waals surface area contributed by atoms with Gasteiger partial charge in [0.05, 0.1) is 22.8 Å². The normalized spacial score (nSPS) is 9.64. The highest BCUT2D eigenvalue weighted by molar-refractivity contribution is 7.80. The molecular weight excluding hydrogens is 243 g/mol. The summed E-state index contributed by atoms with van der Waals surface area (Å²) in [5, 5.41) is 3.72. The number of benzene rings is 1. The summed E-state index contributed by atoms with van der Waals surface area (Å²) in [5.41, 5.74) is 5.86. The van der Waals surface area contributed by atoms with Gasteiger partial charge in [-0.15, -0.1) is 0 Å². The second-order valence-corrected chi connectivity index (χ2v) is 3.71. The molecule has 0 atom stereocenters. The fourth-order valence-electron chi connectivity index (χ4n) is 0.914. The Morgan fingerprint density at radius 2 is 2.07 bits per heavy atom. The molecule has 3 nitrogen and oxygen atoms in total. The predicted molar refractivity (Wildman–Crippen MR) is 63.4 cm³/mol. The maximum Gasteiger partial charge on any atom is 0.168 e. The number of nitrogens with one attached hydrogen (secondary N) is 1. The Labute approximate surface area is 97.1 Å². The first-order valence-electron chi connectivity index (χ1n) is 3.64. The number of halogens is 2. The summed E-state index contributed by atoms with van der Waals surface area (Å²) in [4.78, 5) is 0. The van der Waals surface area contributed by atoms with Gasteiger partial charge in [-0.1, -0.05) is 23.2 Å². The van der Waals surface area contributed by atoms with Crippen molar-refractivity contribution in [2.24, 2.45) is 5.73 Å². The smallest absolute Gasteiger partial charge is 0.168 e. The van der Waals surface area contributed by atoms with E-state index in [4.69, 9.17) is 33.7 Å². The van der Waals surface area contributed by atoms with Crippen LogP contribution in [-0.4, -0.2) is 12.2 Å². The summed E-state index contributed by atoms with van der Waals surface area (Å²) in [6.45, 7) is 0. The highest BCUT2D eigenvalue weighted by Crippen LogP contribution is 2.33. The van der Waals surface area contributed by atoms with Crippen molar-refractivity contribution in [2.75, 3.05) is 12.4 Å². The summed E-state index contributed by atoms with van der Waals surface area (Å²) in [7, 11) is 1.51. The van der Waals surface area contributed by atoms with Crippen LogP contribution in [0.15, 0.2) is 12.1 Å². The molecule has 0 aliphatic heterocycles. The molecule has 0 bridgehead atoms. The van der Waals surface area contributed by atoms with Gasteiger partial charge in [-0.2, -0.15) is 0 Å². The standard InChI is InChI=1S/C8H8Cl2N2OS/c1-13-7-3-4(9)6(2-5(7)10)12-8(11)14/h2-3H,1H3,(H3,11,12,14). The lowest BCUT2D eigenvalue weighted by Gasteiger charge is -2.09. The van der Waals surface area contributed by atoms with Gasteiger partial charge in [0.15, 0.2) is 5.11 Å². The van der Waals surface area contributed by atoms with Crippen LogP contribution >= 0.6 is 35.4 Å². The van der Waals surface area contributed by atoms with E-state index in [0.717, 1.165) is 0 Å². The topological polar surface area (TPSA) is 47.3 Å². The highest BCUT2D eigenvalue weighted by Gasteiger charge is 2.07. The summed E-state index contributed by atoms with van der Waals surface area (Å²) in [6, 6.07) is 3.19. The van der Waals surface area contributed by atoms with E-state index in [-0.39, 0.29) is 5.11 Å². The van der Waals surface area contributed by atoms with Crippen LogP contribution in [0.25, 0.3) is 0 Å². The van der Waals surface area contributed by atoms with E-state index in [1.165, 1.54) is 7.11 Å². The first kappa shape index (κ1) is 11.4. The second kappa shape index (κ2) is 4.68. The van der Waals surface area contributed by atoms with Crippen molar-refractivity contribution >= 4 is 46.2 Å². The van der Waals surface area contributed by atoms with E-state index >= 15 is 0 Å². The molecule has 1 rings (SSSR count). The number of hydrogen-bond acceptors (Lipinski definition) is 2. The Morgan fingerprint density at radius 3 is 2.57 bits per heavy atom. The van der Waals surface area contributed by atoms with Crippen molar-refractivity contribution in [3.8, 4) is 5.75 Å². The molecule has 1 aromatic carbocycles. The fraction of sp³-hybridized carbons (Fsp3) is 0.125. The van der Waals surface area contributed by atoms with Crippen molar-refractivity contribution < 1.29 is 4.74 Å². The Hall–Kier alpha value is -0.710. The molecule has 0 fully saturated rings. The Morgan fingerprint density at radius 1 is 1.43 bits per heavy atom. The van der Waals surface area contributed by atoms with Gasteiger partial charge >= 0.3 is 0 Å². The average Bonchev–Trinajstić information content (AvgIpc) is 2.10. The minimum absolute atomic E-state index is 0.133. The van der Waals surface area contributed by atoms with E-state index in [2.05, 4.69) is 17.5 Å². The molecule has 0 aliphatic rings. The average molecular weight is 251 g/mol. The van der Waals surface area contributed by atoms with E-state index in [1.54, 1.807) is 12.1 Å². The lowest BCUT2D eigenvalue weighted by atomic mass is 10.3. The van der Waals surface area contributed by atoms with Gasteiger partial charge in [0, 0.05) is 6.07 Å². The number of ether oxygens (including phenoxy) is 1. The molecule has 0 heterocycles. The molecule has 14 heavy (non-hydrogen) atoms. The molecule has 3 N–H and O–H groups in total. The molecule has 0 saturated heterocycles. The zero-order chi connectivity index (χ0) is 10.7. The third kappa shape index (κ3) is 2.64. The Kier molecular flexibility index (Phi) is 3.80. The van der Waals surface area contributed by atoms with Crippen LogP contribution in [-0.2, 0) is 0 Å². The molecule has 1 aromatic rings. The van der Waals surface area contributed by atoms with Crippen LogP contribution in [0.4, 0.5) is 5.69 Å². The summed E-state index contributed by atoms with van der Waals surface area (Å²) in [6.07, 6.45) is 0. The number of hydrogen-bond donors (Lipinski definition) is 2. The number of methoxy groups -OCH3 is 1. The SMILES string of the molecule is COc1cc(Cl)c(NC(N)=S)cc1Cl. The Bertz CT molecular complexity index is 371. The maximum atomic E-state index is 5.91. The zero-order valence-electron chi connectivity index (χ0n) is 7.30.